The molecule has 0 N–H and O–H groups in total. The van der Waals surface area contributed by atoms with Gasteiger partial charge in [-0.2, -0.15) is 0 Å². The van der Waals surface area contributed by atoms with Gasteiger partial charge in [0.05, 0.1) is 20.6 Å². The Morgan fingerprint density at radius 2 is 1.60 bits per heavy atom. The van der Waals surface area contributed by atoms with Crippen LogP contribution in [0.1, 0.15) is 51.9 Å². The van der Waals surface area contributed by atoms with Crippen LogP contribution in [0.3, 0.4) is 0 Å². The Morgan fingerprint density at radius 3 is 2.20 bits per heavy atom. The molecule has 0 heterocycles. The first-order valence-corrected chi connectivity index (χ1v) is 8.28. The number of ether oxygens (including phenoxy) is 1. The number of hydrogen-bond acceptors (Lipinski definition) is 3. The maximum atomic E-state index is 11.1. The predicted molar refractivity (Wildman–Crippen MR) is 86.5 cm³/mol. The average Bonchev–Trinajstić information content (AvgIpc) is 2.37. The van der Waals surface area contributed by atoms with Crippen molar-refractivity contribution in [2.45, 2.75) is 51.9 Å². The molecule has 0 saturated heterocycles. The third-order valence-electron chi connectivity index (χ3n) is 3.53. The summed E-state index contributed by atoms with van der Waals surface area (Å²) >= 11 is 0. The highest BCUT2D eigenvalue weighted by Crippen LogP contribution is 2.09. The summed E-state index contributed by atoms with van der Waals surface area (Å²) in [6.07, 6.45) is 9.34. The van der Waals surface area contributed by atoms with Crippen molar-refractivity contribution in [1.82, 2.24) is 0 Å². The van der Waals surface area contributed by atoms with E-state index in [9.17, 15) is 4.79 Å². The van der Waals surface area contributed by atoms with Gasteiger partial charge in [0.25, 0.3) is 0 Å². The molecule has 0 rings (SSSR count). The SMILES string of the molecule is CCCCCCCCC[N+](C)(C)CCOC(=O)COP. The molecule has 0 aliphatic heterocycles. The minimum Gasteiger partial charge on any atom is -0.458 e. The normalized spacial score (nSPS) is 11.6. The van der Waals surface area contributed by atoms with Crippen LogP contribution in [-0.2, 0) is 14.1 Å². The first-order chi connectivity index (χ1) is 9.52. The molecule has 20 heavy (non-hydrogen) atoms. The van der Waals surface area contributed by atoms with Crippen molar-refractivity contribution < 1.29 is 18.5 Å². The molecule has 0 amide bonds. The second-order valence-electron chi connectivity index (χ2n) is 6.04. The number of nitrogens with zero attached hydrogens (tertiary/aromatic N) is 1. The number of quaternary nitrogens is 1. The fraction of sp³-hybridized carbons (Fsp3) is 0.933. The lowest BCUT2D eigenvalue weighted by atomic mass is 10.1. The molecular formula is C15H33NO3P+. The summed E-state index contributed by atoms with van der Waals surface area (Å²) in [6.45, 7) is 4.73. The zero-order valence-corrected chi connectivity index (χ0v) is 14.7. The van der Waals surface area contributed by atoms with E-state index in [1.54, 1.807) is 0 Å². The number of hydrogen-bond donors (Lipinski definition) is 0. The van der Waals surface area contributed by atoms with Gasteiger partial charge in [-0.25, -0.2) is 4.79 Å². The number of likely N-dealkylation sites (N-methyl/N-ethyl adjacent to an activating group) is 1. The maximum absolute atomic E-state index is 11.1. The van der Waals surface area contributed by atoms with E-state index in [1.165, 1.54) is 44.9 Å². The van der Waals surface area contributed by atoms with Gasteiger partial charge < -0.3 is 13.7 Å². The largest absolute Gasteiger partial charge is 0.458 e. The molecule has 0 spiro atoms. The van der Waals surface area contributed by atoms with E-state index in [0.717, 1.165) is 17.6 Å². The van der Waals surface area contributed by atoms with Gasteiger partial charge in [-0.15, -0.1) is 0 Å². The lowest BCUT2D eigenvalue weighted by Gasteiger charge is -2.29. The first kappa shape index (κ1) is 19.8. The van der Waals surface area contributed by atoms with Gasteiger partial charge in [0.2, 0.25) is 0 Å². The van der Waals surface area contributed by atoms with Crippen LogP contribution >= 0.6 is 9.47 Å². The lowest BCUT2D eigenvalue weighted by Crippen LogP contribution is -2.43. The van der Waals surface area contributed by atoms with Gasteiger partial charge in [-0.05, 0) is 12.8 Å². The van der Waals surface area contributed by atoms with Gasteiger partial charge in [0, 0.05) is 9.47 Å². The molecule has 1 atom stereocenters. The number of carbonyl (C=O) groups excluding carboxylic acids is 1. The van der Waals surface area contributed by atoms with E-state index >= 15 is 0 Å². The highest BCUT2D eigenvalue weighted by molar-refractivity contribution is 7.09. The fourth-order valence-electron chi connectivity index (χ4n) is 2.13. The van der Waals surface area contributed by atoms with Crippen molar-refractivity contribution in [3.05, 3.63) is 0 Å². The minimum absolute atomic E-state index is 0.00978. The second kappa shape index (κ2) is 12.6. The Hall–Kier alpha value is -0.180. The number of carbonyl (C=O) groups is 1. The van der Waals surface area contributed by atoms with Crippen LogP contribution in [0.2, 0.25) is 0 Å². The molecule has 0 aromatic carbocycles. The zero-order valence-electron chi connectivity index (χ0n) is 13.5. The summed E-state index contributed by atoms with van der Waals surface area (Å²) in [5, 5.41) is 0. The fourth-order valence-corrected chi connectivity index (χ4v) is 2.26. The second-order valence-corrected chi connectivity index (χ2v) is 6.37. The van der Waals surface area contributed by atoms with Gasteiger partial charge in [-0.3, -0.25) is 0 Å². The average molecular weight is 306 g/mol. The minimum atomic E-state index is -0.295. The van der Waals surface area contributed by atoms with Crippen LogP contribution in [-0.4, -0.2) is 50.9 Å². The van der Waals surface area contributed by atoms with E-state index < -0.39 is 0 Å². The number of esters is 1. The molecule has 0 bridgehead atoms. The van der Waals surface area contributed by atoms with Crippen molar-refractivity contribution in [3.8, 4) is 0 Å². The quantitative estimate of drug-likeness (QED) is 0.227. The van der Waals surface area contributed by atoms with Crippen molar-refractivity contribution in [2.75, 3.05) is 40.4 Å². The van der Waals surface area contributed by atoms with Gasteiger partial charge in [0.1, 0.15) is 19.8 Å². The first-order valence-electron chi connectivity index (χ1n) is 7.81. The maximum Gasteiger partial charge on any atom is 0.332 e. The summed E-state index contributed by atoms with van der Waals surface area (Å²) < 4.78 is 10.6. The van der Waals surface area contributed by atoms with Gasteiger partial charge >= 0.3 is 5.97 Å². The molecule has 0 fully saturated rings. The molecule has 0 saturated carbocycles. The highest BCUT2D eigenvalue weighted by atomic mass is 31.0. The van der Waals surface area contributed by atoms with Crippen LogP contribution in [0.25, 0.3) is 0 Å². The standard InChI is InChI=1S/C15H33NO3P/c1-4-5-6-7-8-9-10-11-16(2,3)12-13-18-15(17)14-19-20/h4-14,20H2,1-3H3/q+1. The molecule has 1 unspecified atom stereocenters. The molecular weight excluding hydrogens is 273 g/mol. The smallest absolute Gasteiger partial charge is 0.332 e. The number of unbranched alkanes of at least 4 members (excludes halogenated alkanes) is 6. The van der Waals surface area contributed by atoms with Crippen LogP contribution in [0.15, 0.2) is 0 Å². The Morgan fingerprint density at radius 1 is 1.00 bits per heavy atom. The molecule has 0 aromatic heterocycles. The molecule has 0 aliphatic carbocycles. The van der Waals surface area contributed by atoms with Gasteiger partial charge in [0.15, 0.2) is 0 Å². The molecule has 120 valence electrons. The Labute approximate surface area is 127 Å². The molecule has 0 aromatic rings. The Bertz CT molecular complexity index is 247. The van der Waals surface area contributed by atoms with E-state index in [-0.39, 0.29) is 12.6 Å². The molecule has 0 aliphatic rings. The Balaban J connectivity index is 3.51. The highest BCUT2D eigenvalue weighted by Gasteiger charge is 2.15. The third-order valence-corrected chi connectivity index (χ3v) is 3.69. The summed E-state index contributed by atoms with van der Waals surface area (Å²) in [4.78, 5) is 11.1. The predicted octanol–water partition coefficient (Wildman–Crippen LogP) is 3.16. The molecule has 5 heteroatoms. The van der Waals surface area contributed by atoms with E-state index in [4.69, 9.17) is 4.74 Å². The summed E-state index contributed by atoms with van der Waals surface area (Å²) in [7, 11) is 6.44. The Kier molecular flexibility index (Phi) is 12.4. The summed E-state index contributed by atoms with van der Waals surface area (Å²) in [6, 6.07) is 0. The van der Waals surface area contributed by atoms with Crippen LogP contribution in [0, 0.1) is 0 Å². The van der Waals surface area contributed by atoms with Crippen LogP contribution in [0.5, 0.6) is 0 Å². The van der Waals surface area contributed by atoms with Crippen LogP contribution in [0.4, 0.5) is 0 Å². The van der Waals surface area contributed by atoms with E-state index in [0.29, 0.717) is 6.61 Å². The zero-order chi connectivity index (χ0) is 15.3. The van der Waals surface area contributed by atoms with Crippen molar-refractivity contribution in [1.29, 1.82) is 0 Å². The summed E-state index contributed by atoms with van der Waals surface area (Å²) in [5.41, 5.74) is 0. The molecule has 4 nitrogen and oxygen atoms in total. The summed E-state index contributed by atoms with van der Waals surface area (Å²) in [5.74, 6) is -0.295. The number of rotatable bonds is 13. The molecule has 0 radical (unpaired) electrons. The van der Waals surface area contributed by atoms with E-state index in [1.807, 2.05) is 0 Å². The monoisotopic (exact) mass is 306 g/mol. The lowest BCUT2D eigenvalue weighted by molar-refractivity contribution is -0.890. The van der Waals surface area contributed by atoms with E-state index in [2.05, 4.69) is 35.0 Å². The van der Waals surface area contributed by atoms with Gasteiger partial charge in [-0.1, -0.05) is 39.0 Å². The van der Waals surface area contributed by atoms with Crippen molar-refractivity contribution in [3.63, 3.8) is 0 Å². The topological polar surface area (TPSA) is 35.5 Å². The van der Waals surface area contributed by atoms with Crippen molar-refractivity contribution in [2.24, 2.45) is 0 Å². The third kappa shape index (κ3) is 12.8. The van der Waals surface area contributed by atoms with Crippen LogP contribution < -0.4 is 0 Å². The van der Waals surface area contributed by atoms with Crippen molar-refractivity contribution >= 4 is 15.4 Å².